The molecule has 21 heavy (non-hydrogen) atoms. The minimum absolute atomic E-state index is 0.432. The molecule has 0 unspecified atom stereocenters. The van der Waals surface area contributed by atoms with Gasteiger partial charge in [0.2, 0.25) is 0 Å². The molecule has 5 heteroatoms. The average Bonchev–Trinajstić information content (AvgIpc) is 3.39. The number of nitriles is 1. The van der Waals surface area contributed by atoms with Crippen molar-refractivity contribution in [2.24, 2.45) is 0 Å². The molecule has 0 heterocycles. The molecule has 0 aromatic heterocycles. The van der Waals surface area contributed by atoms with Gasteiger partial charge >= 0.3 is 6.09 Å². The molecule has 1 aromatic carbocycles. The number of hydrogen-bond acceptors (Lipinski definition) is 3. The highest BCUT2D eigenvalue weighted by atomic mass is 16.5. The summed E-state index contributed by atoms with van der Waals surface area (Å²) in [6.07, 6.45) is 2.39. The summed E-state index contributed by atoms with van der Waals surface area (Å²) in [6.45, 7) is 0. The second-order valence-corrected chi connectivity index (χ2v) is 5.98. The fraction of sp³-hybridized carbons (Fsp3) is 0.500. The lowest BCUT2D eigenvalue weighted by Gasteiger charge is -2.27. The van der Waals surface area contributed by atoms with Crippen LogP contribution >= 0.6 is 0 Å². The number of carboxylic acid groups (broad SMARTS) is 1. The summed E-state index contributed by atoms with van der Waals surface area (Å²) < 4.78 is 5.39. The third kappa shape index (κ3) is 1.94. The van der Waals surface area contributed by atoms with Crippen molar-refractivity contribution in [2.45, 2.75) is 36.6 Å². The molecule has 0 bridgehead atoms. The number of methoxy groups -OCH3 is 1. The summed E-state index contributed by atoms with van der Waals surface area (Å²) >= 11 is 0. The molecular formula is C16H18N2O3. The van der Waals surface area contributed by atoms with E-state index in [2.05, 4.69) is 6.07 Å². The summed E-state index contributed by atoms with van der Waals surface area (Å²) in [5.74, 6) is 0.714. The van der Waals surface area contributed by atoms with Crippen LogP contribution in [-0.2, 0) is 11.0 Å². The van der Waals surface area contributed by atoms with Gasteiger partial charge in [-0.2, -0.15) is 5.26 Å². The Labute approximate surface area is 123 Å². The molecule has 2 saturated carbocycles. The quantitative estimate of drug-likeness (QED) is 0.923. The first-order chi connectivity index (χ1) is 9.99. The number of carbonyl (C=O) groups is 1. The van der Waals surface area contributed by atoms with Crippen molar-refractivity contribution in [3.8, 4) is 11.8 Å². The average molecular weight is 286 g/mol. The first-order valence-corrected chi connectivity index (χ1v) is 7.06. The molecule has 2 aliphatic rings. The summed E-state index contributed by atoms with van der Waals surface area (Å²) in [5.41, 5.74) is 0.984. The predicted octanol–water partition coefficient (Wildman–Crippen LogP) is 2.85. The first kappa shape index (κ1) is 13.7. The highest BCUT2D eigenvalue weighted by Gasteiger charge is 2.52. The molecule has 0 radical (unpaired) electrons. The van der Waals surface area contributed by atoms with Crippen LogP contribution in [0, 0.1) is 11.3 Å². The summed E-state index contributed by atoms with van der Waals surface area (Å²) in [7, 11) is 3.21. The minimum Gasteiger partial charge on any atom is -0.496 e. The molecule has 1 N–H and O–H groups in total. The van der Waals surface area contributed by atoms with Crippen LogP contribution in [0.3, 0.4) is 0 Å². The van der Waals surface area contributed by atoms with E-state index in [4.69, 9.17) is 4.74 Å². The van der Waals surface area contributed by atoms with Crippen LogP contribution in [0.1, 0.15) is 36.8 Å². The molecule has 1 amide bonds. The Morgan fingerprint density at radius 1 is 1.38 bits per heavy atom. The fourth-order valence-corrected chi connectivity index (χ4v) is 3.06. The van der Waals surface area contributed by atoms with Crippen LogP contribution in [0.5, 0.6) is 5.75 Å². The van der Waals surface area contributed by atoms with Crippen molar-refractivity contribution in [2.75, 3.05) is 14.2 Å². The van der Waals surface area contributed by atoms with Crippen LogP contribution in [0.25, 0.3) is 0 Å². The maximum absolute atomic E-state index is 11.3. The van der Waals surface area contributed by atoms with Crippen LogP contribution in [0.2, 0.25) is 0 Å². The van der Waals surface area contributed by atoms with Gasteiger partial charge < -0.3 is 14.7 Å². The molecule has 0 aliphatic heterocycles. The predicted molar refractivity (Wildman–Crippen MR) is 76.2 cm³/mol. The maximum Gasteiger partial charge on any atom is 0.407 e. The topological polar surface area (TPSA) is 73.6 Å². The lowest BCUT2D eigenvalue weighted by atomic mass is 9.91. The first-order valence-electron chi connectivity index (χ1n) is 7.06. The van der Waals surface area contributed by atoms with Gasteiger partial charge in [0.15, 0.2) is 0 Å². The SMILES string of the molecule is COc1ccc(C2(N(C)C(=O)O)CC2)cc1C1(C#N)CC1. The van der Waals surface area contributed by atoms with E-state index in [0.717, 1.165) is 36.8 Å². The molecular weight excluding hydrogens is 268 g/mol. The molecule has 2 fully saturated rings. The molecule has 3 rings (SSSR count). The van der Waals surface area contributed by atoms with E-state index >= 15 is 0 Å². The smallest absolute Gasteiger partial charge is 0.407 e. The highest BCUT2D eigenvalue weighted by Crippen LogP contribution is 2.55. The molecule has 5 nitrogen and oxygen atoms in total. The molecule has 2 aliphatic carbocycles. The van der Waals surface area contributed by atoms with E-state index in [1.165, 1.54) is 4.90 Å². The summed E-state index contributed by atoms with van der Waals surface area (Å²) in [4.78, 5) is 12.7. The molecule has 0 saturated heterocycles. The lowest BCUT2D eigenvalue weighted by Crippen LogP contribution is -2.36. The Morgan fingerprint density at radius 3 is 2.48 bits per heavy atom. The summed E-state index contributed by atoms with van der Waals surface area (Å²) in [6, 6.07) is 8.14. The number of ether oxygens (including phenoxy) is 1. The van der Waals surface area contributed by atoms with Crippen LogP contribution in [0.4, 0.5) is 4.79 Å². The zero-order valence-electron chi connectivity index (χ0n) is 12.2. The molecule has 110 valence electrons. The number of rotatable bonds is 4. The maximum atomic E-state index is 11.3. The van der Waals surface area contributed by atoms with E-state index in [-0.39, 0.29) is 0 Å². The summed E-state index contributed by atoms with van der Waals surface area (Å²) in [5, 5.41) is 18.7. The van der Waals surface area contributed by atoms with E-state index in [1.54, 1.807) is 14.2 Å². The third-order valence-electron chi connectivity index (χ3n) is 4.87. The van der Waals surface area contributed by atoms with Gasteiger partial charge in [-0.25, -0.2) is 4.79 Å². The van der Waals surface area contributed by atoms with Crippen molar-refractivity contribution < 1.29 is 14.6 Å². The van der Waals surface area contributed by atoms with Gasteiger partial charge in [-0.3, -0.25) is 0 Å². The monoisotopic (exact) mass is 286 g/mol. The van der Waals surface area contributed by atoms with Gasteiger partial charge in [0.25, 0.3) is 0 Å². The third-order valence-corrected chi connectivity index (χ3v) is 4.87. The van der Waals surface area contributed by atoms with E-state index in [9.17, 15) is 15.2 Å². The molecule has 0 spiro atoms. The Hall–Kier alpha value is -2.22. The second-order valence-electron chi connectivity index (χ2n) is 5.98. The Kier molecular flexibility index (Phi) is 2.87. The van der Waals surface area contributed by atoms with E-state index in [0.29, 0.717) is 5.75 Å². The van der Waals surface area contributed by atoms with Crippen molar-refractivity contribution in [3.63, 3.8) is 0 Å². The fourth-order valence-electron chi connectivity index (χ4n) is 3.06. The number of nitrogens with zero attached hydrogens (tertiary/aromatic N) is 2. The van der Waals surface area contributed by atoms with Gasteiger partial charge in [0.1, 0.15) is 5.75 Å². The Bertz CT molecular complexity index is 639. The highest BCUT2D eigenvalue weighted by molar-refractivity contribution is 5.67. The van der Waals surface area contributed by atoms with Crippen molar-refractivity contribution >= 4 is 6.09 Å². The van der Waals surface area contributed by atoms with Crippen LogP contribution in [-0.4, -0.2) is 30.3 Å². The largest absolute Gasteiger partial charge is 0.496 e. The normalized spacial score (nSPS) is 20.2. The van der Waals surface area contributed by atoms with Crippen LogP contribution in [0.15, 0.2) is 18.2 Å². The lowest BCUT2D eigenvalue weighted by molar-refractivity contribution is 0.132. The molecule has 0 atom stereocenters. The second kappa shape index (κ2) is 4.39. The van der Waals surface area contributed by atoms with E-state index in [1.807, 2.05) is 18.2 Å². The number of hydrogen-bond donors (Lipinski definition) is 1. The zero-order valence-corrected chi connectivity index (χ0v) is 12.2. The van der Waals surface area contributed by atoms with Gasteiger partial charge in [0, 0.05) is 12.6 Å². The van der Waals surface area contributed by atoms with Crippen molar-refractivity contribution in [3.05, 3.63) is 29.3 Å². The van der Waals surface area contributed by atoms with E-state index < -0.39 is 17.0 Å². The Morgan fingerprint density at radius 2 is 2.05 bits per heavy atom. The van der Waals surface area contributed by atoms with Crippen molar-refractivity contribution in [1.82, 2.24) is 4.90 Å². The zero-order chi connectivity index (χ0) is 15.3. The minimum atomic E-state index is -0.925. The van der Waals surface area contributed by atoms with Gasteiger partial charge in [-0.15, -0.1) is 0 Å². The Balaban J connectivity index is 2.05. The van der Waals surface area contributed by atoms with Crippen molar-refractivity contribution in [1.29, 1.82) is 5.26 Å². The van der Waals surface area contributed by atoms with Gasteiger partial charge in [-0.05, 0) is 43.4 Å². The van der Waals surface area contributed by atoms with Crippen LogP contribution < -0.4 is 4.74 Å². The number of benzene rings is 1. The standard InChI is InChI=1S/C16H18N2O3/c1-18(14(19)20)16(7-8-16)11-3-4-13(21-2)12(9-11)15(10-17)5-6-15/h3-4,9H,5-8H2,1-2H3,(H,19,20). The van der Waals surface area contributed by atoms with Gasteiger partial charge in [0.05, 0.1) is 24.1 Å². The molecule has 1 aromatic rings. The number of amides is 1. The van der Waals surface area contributed by atoms with Gasteiger partial charge in [-0.1, -0.05) is 6.07 Å².